The lowest BCUT2D eigenvalue weighted by atomic mass is 10.0. The molecule has 0 fully saturated rings. The van der Waals surface area contributed by atoms with Crippen LogP contribution >= 0.6 is 0 Å². The van der Waals surface area contributed by atoms with Crippen LogP contribution in [0.3, 0.4) is 0 Å². The van der Waals surface area contributed by atoms with Gasteiger partial charge in [-0.05, 0) is 36.6 Å². The predicted molar refractivity (Wildman–Crippen MR) is 86.3 cm³/mol. The van der Waals surface area contributed by atoms with E-state index in [1.807, 2.05) is 55.5 Å². The average molecular weight is 299 g/mol. The van der Waals surface area contributed by atoms with Crippen molar-refractivity contribution in [1.82, 2.24) is 5.32 Å². The third-order valence-corrected chi connectivity index (χ3v) is 3.58. The number of hydrogen-bond acceptors (Lipinski definition) is 3. The Hall–Kier alpha value is -2.33. The number of benzene rings is 2. The molecule has 116 valence electrons. The molecular weight excluding hydrogens is 278 g/mol. The van der Waals surface area contributed by atoms with Gasteiger partial charge in [-0.25, -0.2) is 0 Å². The van der Waals surface area contributed by atoms with E-state index in [2.05, 4.69) is 5.32 Å². The Morgan fingerprint density at radius 1 is 1.14 bits per heavy atom. The molecule has 0 amide bonds. The van der Waals surface area contributed by atoms with Gasteiger partial charge in [0.2, 0.25) is 0 Å². The van der Waals surface area contributed by atoms with Crippen LogP contribution in [0.1, 0.15) is 22.7 Å². The van der Waals surface area contributed by atoms with E-state index in [0.29, 0.717) is 6.54 Å². The molecule has 0 aliphatic carbocycles. The van der Waals surface area contributed by atoms with Gasteiger partial charge in [0.1, 0.15) is 11.8 Å². The van der Waals surface area contributed by atoms with E-state index < -0.39 is 12.0 Å². The lowest BCUT2D eigenvalue weighted by Crippen LogP contribution is -2.30. The molecule has 0 spiro atoms. The van der Waals surface area contributed by atoms with Crippen LogP contribution in [-0.4, -0.2) is 24.7 Å². The first kappa shape index (κ1) is 16.0. The van der Waals surface area contributed by atoms with Crippen LogP contribution in [-0.2, 0) is 11.2 Å². The second-order valence-corrected chi connectivity index (χ2v) is 5.23. The van der Waals surface area contributed by atoms with Crippen molar-refractivity contribution >= 4 is 5.97 Å². The van der Waals surface area contributed by atoms with Crippen LogP contribution in [0.5, 0.6) is 5.75 Å². The quantitative estimate of drug-likeness (QED) is 0.825. The Kier molecular flexibility index (Phi) is 5.55. The van der Waals surface area contributed by atoms with E-state index in [0.717, 1.165) is 28.9 Å². The van der Waals surface area contributed by atoms with Gasteiger partial charge in [-0.1, -0.05) is 42.0 Å². The summed E-state index contributed by atoms with van der Waals surface area (Å²) < 4.78 is 5.12. The molecule has 0 aliphatic heterocycles. The number of carbonyl (C=O) groups is 1. The maximum Gasteiger partial charge on any atom is 0.325 e. The van der Waals surface area contributed by atoms with Crippen molar-refractivity contribution in [2.24, 2.45) is 0 Å². The van der Waals surface area contributed by atoms with Gasteiger partial charge in [0, 0.05) is 6.54 Å². The summed E-state index contributed by atoms with van der Waals surface area (Å²) >= 11 is 0. The first-order valence-electron chi connectivity index (χ1n) is 7.26. The highest BCUT2D eigenvalue weighted by molar-refractivity contribution is 5.75. The fourth-order valence-electron chi connectivity index (χ4n) is 2.26. The second kappa shape index (κ2) is 7.61. The summed E-state index contributed by atoms with van der Waals surface area (Å²) in [6.07, 6.45) is 0.764. The van der Waals surface area contributed by atoms with Gasteiger partial charge in [0.15, 0.2) is 0 Å². The van der Waals surface area contributed by atoms with Crippen molar-refractivity contribution in [3.63, 3.8) is 0 Å². The number of methoxy groups -OCH3 is 1. The third-order valence-electron chi connectivity index (χ3n) is 3.58. The van der Waals surface area contributed by atoms with E-state index in [1.54, 1.807) is 7.11 Å². The fourth-order valence-corrected chi connectivity index (χ4v) is 2.26. The molecule has 0 aliphatic rings. The molecule has 4 nitrogen and oxygen atoms in total. The molecule has 2 rings (SSSR count). The summed E-state index contributed by atoms with van der Waals surface area (Å²) in [4.78, 5) is 11.4. The van der Waals surface area contributed by atoms with Crippen LogP contribution in [0.25, 0.3) is 0 Å². The van der Waals surface area contributed by atoms with E-state index in [9.17, 15) is 9.90 Å². The Balaban J connectivity index is 1.94. The molecule has 0 saturated heterocycles. The standard InChI is InChI=1S/C18H21NO3/c1-13-3-7-15(8-4-13)17(18(20)21)19-12-11-14-5-9-16(22-2)10-6-14/h3-10,17,19H,11-12H2,1-2H3,(H,20,21). The van der Waals surface area contributed by atoms with Crippen LogP contribution in [0.4, 0.5) is 0 Å². The van der Waals surface area contributed by atoms with Crippen LogP contribution in [0.2, 0.25) is 0 Å². The highest BCUT2D eigenvalue weighted by Gasteiger charge is 2.18. The van der Waals surface area contributed by atoms with Crippen LogP contribution < -0.4 is 10.1 Å². The van der Waals surface area contributed by atoms with Gasteiger partial charge >= 0.3 is 5.97 Å². The fraction of sp³-hybridized carbons (Fsp3) is 0.278. The molecule has 0 bridgehead atoms. The Labute approximate surface area is 130 Å². The van der Waals surface area contributed by atoms with E-state index in [4.69, 9.17) is 4.74 Å². The zero-order chi connectivity index (χ0) is 15.9. The van der Waals surface area contributed by atoms with Crippen molar-refractivity contribution < 1.29 is 14.6 Å². The molecule has 0 aromatic heterocycles. The predicted octanol–water partition coefficient (Wildman–Crippen LogP) is 2.96. The van der Waals surface area contributed by atoms with Crippen molar-refractivity contribution in [2.75, 3.05) is 13.7 Å². The minimum atomic E-state index is -0.862. The average Bonchev–Trinajstić information content (AvgIpc) is 2.53. The highest BCUT2D eigenvalue weighted by Crippen LogP contribution is 2.15. The van der Waals surface area contributed by atoms with E-state index in [1.165, 1.54) is 0 Å². The van der Waals surface area contributed by atoms with Crippen LogP contribution in [0, 0.1) is 6.92 Å². The van der Waals surface area contributed by atoms with Crippen molar-refractivity contribution in [3.8, 4) is 5.75 Å². The smallest absolute Gasteiger partial charge is 0.325 e. The summed E-state index contributed by atoms with van der Waals surface area (Å²) in [6.45, 7) is 2.58. The van der Waals surface area contributed by atoms with Gasteiger partial charge in [0.25, 0.3) is 0 Å². The normalized spacial score (nSPS) is 11.9. The Morgan fingerprint density at radius 2 is 1.77 bits per heavy atom. The number of aryl methyl sites for hydroxylation is 1. The van der Waals surface area contributed by atoms with Crippen molar-refractivity contribution in [3.05, 3.63) is 65.2 Å². The minimum Gasteiger partial charge on any atom is -0.497 e. The monoisotopic (exact) mass is 299 g/mol. The number of carboxylic acid groups (broad SMARTS) is 1. The van der Waals surface area contributed by atoms with Gasteiger partial charge in [-0.2, -0.15) is 0 Å². The number of ether oxygens (including phenoxy) is 1. The molecule has 0 radical (unpaired) electrons. The molecule has 2 aromatic rings. The van der Waals surface area contributed by atoms with Gasteiger partial charge < -0.3 is 15.2 Å². The molecule has 4 heteroatoms. The molecule has 1 atom stereocenters. The highest BCUT2D eigenvalue weighted by atomic mass is 16.5. The van der Waals surface area contributed by atoms with Crippen molar-refractivity contribution in [2.45, 2.75) is 19.4 Å². The molecule has 22 heavy (non-hydrogen) atoms. The Morgan fingerprint density at radius 3 is 2.32 bits per heavy atom. The summed E-state index contributed by atoms with van der Waals surface area (Å²) in [5.74, 6) is -0.0432. The lowest BCUT2D eigenvalue weighted by molar-refractivity contribution is -0.139. The Bertz CT molecular complexity index is 605. The summed E-state index contributed by atoms with van der Waals surface area (Å²) in [6, 6.07) is 14.7. The van der Waals surface area contributed by atoms with Gasteiger partial charge in [-0.15, -0.1) is 0 Å². The zero-order valence-corrected chi connectivity index (χ0v) is 12.9. The molecule has 2 N–H and O–H groups in total. The largest absolute Gasteiger partial charge is 0.497 e. The number of nitrogens with one attached hydrogen (secondary N) is 1. The molecule has 0 saturated carbocycles. The maximum absolute atomic E-state index is 11.4. The maximum atomic E-state index is 11.4. The number of carboxylic acids is 1. The zero-order valence-electron chi connectivity index (χ0n) is 12.9. The third kappa shape index (κ3) is 4.33. The lowest BCUT2D eigenvalue weighted by Gasteiger charge is -2.15. The molecule has 0 heterocycles. The topological polar surface area (TPSA) is 58.6 Å². The van der Waals surface area contributed by atoms with Gasteiger partial charge in [0.05, 0.1) is 7.11 Å². The summed E-state index contributed by atoms with van der Waals surface area (Å²) in [5, 5.41) is 12.5. The molecule has 2 aromatic carbocycles. The second-order valence-electron chi connectivity index (χ2n) is 5.23. The van der Waals surface area contributed by atoms with E-state index in [-0.39, 0.29) is 0 Å². The summed E-state index contributed by atoms with van der Waals surface area (Å²) in [7, 11) is 1.63. The SMILES string of the molecule is COc1ccc(CCNC(C(=O)O)c2ccc(C)cc2)cc1. The van der Waals surface area contributed by atoms with Crippen molar-refractivity contribution in [1.29, 1.82) is 0 Å². The first-order valence-corrected chi connectivity index (χ1v) is 7.26. The summed E-state index contributed by atoms with van der Waals surface area (Å²) in [5.41, 5.74) is 3.03. The molecule has 1 unspecified atom stereocenters. The minimum absolute atomic E-state index is 0.594. The number of rotatable bonds is 7. The molecular formula is C18H21NO3. The number of aliphatic carboxylic acids is 1. The number of hydrogen-bond donors (Lipinski definition) is 2. The van der Waals surface area contributed by atoms with Crippen LogP contribution in [0.15, 0.2) is 48.5 Å². The first-order chi connectivity index (χ1) is 10.6. The van der Waals surface area contributed by atoms with E-state index >= 15 is 0 Å². The van der Waals surface area contributed by atoms with Gasteiger partial charge in [-0.3, -0.25) is 4.79 Å².